The molecule has 0 saturated carbocycles. The van der Waals surface area contributed by atoms with Crippen molar-refractivity contribution in [1.82, 2.24) is 25.4 Å². The third-order valence-electron chi connectivity index (χ3n) is 8.25. The van der Waals surface area contributed by atoms with Crippen LogP contribution in [0.2, 0.25) is 0 Å². The molecule has 1 aromatic heterocycles. The van der Waals surface area contributed by atoms with E-state index in [1.165, 1.54) is 6.20 Å². The molecule has 0 spiro atoms. The van der Waals surface area contributed by atoms with Crippen molar-refractivity contribution in [3.05, 3.63) is 18.2 Å². The van der Waals surface area contributed by atoms with Crippen LogP contribution in [0.5, 0.6) is 0 Å². The molecule has 216 valence electrons. The number of nitrogens with one attached hydrogen (secondary N) is 3. The number of halogens is 2. The highest BCUT2D eigenvalue weighted by molar-refractivity contribution is 5.96. The van der Waals surface area contributed by atoms with Crippen molar-refractivity contribution in [3.63, 3.8) is 0 Å². The fourth-order valence-corrected chi connectivity index (χ4v) is 5.86. The molecule has 1 aromatic rings. The molecule has 12 nitrogen and oxygen atoms in total. The number of rotatable bonds is 7. The van der Waals surface area contributed by atoms with E-state index in [0.717, 1.165) is 32.5 Å². The van der Waals surface area contributed by atoms with Crippen LogP contribution >= 0.6 is 0 Å². The fourth-order valence-electron chi connectivity index (χ4n) is 5.86. The van der Waals surface area contributed by atoms with Crippen LogP contribution in [0, 0.1) is 17.7 Å². The topological polar surface area (TPSA) is 154 Å². The first kappa shape index (κ1) is 28.1. The Morgan fingerprint density at radius 2 is 1.72 bits per heavy atom. The minimum atomic E-state index is -1.08. The van der Waals surface area contributed by atoms with Gasteiger partial charge in [-0.05, 0) is 12.8 Å². The number of carbonyl (C=O) groups is 2. The summed E-state index contributed by atoms with van der Waals surface area (Å²) in [6, 6.07) is 0.476. The zero-order chi connectivity index (χ0) is 27.5. The molecule has 5 rings (SSSR count). The van der Waals surface area contributed by atoms with Gasteiger partial charge in [0.05, 0.1) is 55.6 Å². The molecular weight excluding hydrogens is 512 g/mol. The lowest BCUT2D eigenvalue weighted by Gasteiger charge is -2.43. The number of piperidine rings is 1. The second-order valence-electron chi connectivity index (χ2n) is 10.8. The first-order valence-electron chi connectivity index (χ1n) is 13.7. The Balaban J connectivity index is 1.19. The number of pyridine rings is 1. The summed E-state index contributed by atoms with van der Waals surface area (Å²) < 4.78 is 33.9. The van der Waals surface area contributed by atoms with Gasteiger partial charge in [-0.1, -0.05) is 0 Å². The van der Waals surface area contributed by atoms with Gasteiger partial charge in [0.1, 0.15) is 11.9 Å². The summed E-state index contributed by atoms with van der Waals surface area (Å²) in [5.41, 5.74) is 12.2. The molecule has 1 atom stereocenters. The SMILES string of the molecule is NC(N)C(C(=O)Nc1cncc(F)c1N1CCC(C(=O)N2CCN(C3COC3)CC2)CC1)C1NCC(F)CN1. The quantitative estimate of drug-likeness (QED) is 0.257. The van der Waals surface area contributed by atoms with Crippen LogP contribution in [-0.2, 0) is 14.3 Å². The van der Waals surface area contributed by atoms with E-state index in [2.05, 4.69) is 25.8 Å². The van der Waals surface area contributed by atoms with Crippen LogP contribution < -0.4 is 32.3 Å². The first-order chi connectivity index (χ1) is 18.8. The van der Waals surface area contributed by atoms with Crippen LogP contribution in [0.3, 0.4) is 0 Å². The maximum atomic E-state index is 15.1. The Kier molecular flexibility index (Phi) is 8.89. The van der Waals surface area contributed by atoms with Gasteiger partial charge in [-0.3, -0.25) is 30.1 Å². The van der Waals surface area contributed by atoms with Crippen LogP contribution in [0.25, 0.3) is 0 Å². The maximum absolute atomic E-state index is 15.1. The van der Waals surface area contributed by atoms with Crippen molar-refractivity contribution in [3.8, 4) is 0 Å². The Bertz CT molecular complexity index is 1010. The number of hydrogen-bond acceptors (Lipinski definition) is 10. The molecule has 0 bridgehead atoms. The summed E-state index contributed by atoms with van der Waals surface area (Å²) in [6.45, 7) is 5.75. The first-order valence-corrected chi connectivity index (χ1v) is 13.7. The van der Waals surface area contributed by atoms with Crippen molar-refractivity contribution >= 4 is 23.2 Å². The van der Waals surface area contributed by atoms with Gasteiger partial charge in [0, 0.05) is 58.3 Å². The third-order valence-corrected chi connectivity index (χ3v) is 8.25. The van der Waals surface area contributed by atoms with E-state index in [-0.39, 0.29) is 36.3 Å². The predicted molar refractivity (Wildman–Crippen MR) is 141 cm³/mol. The van der Waals surface area contributed by atoms with E-state index < -0.39 is 36.1 Å². The highest BCUT2D eigenvalue weighted by atomic mass is 19.1. The molecule has 4 fully saturated rings. The van der Waals surface area contributed by atoms with Crippen LogP contribution in [0.4, 0.5) is 20.2 Å². The zero-order valence-electron chi connectivity index (χ0n) is 22.0. The molecule has 4 aliphatic heterocycles. The van der Waals surface area contributed by atoms with E-state index in [4.69, 9.17) is 16.2 Å². The lowest BCUT2D eigenvalue weighted by molar-refractivity contribution is -0.140. The normalized spacial score (nSPS) is 26.4. The van der Waals surface area contributed by atoms with Crippen LogP contribution in [0.1, 0.15) is 12.8 Å². The minimum absolute atomic E-state index is 0.0692. The molecular formula is C25H39F2N9O3. The largest absolute Gasteiger partial charge is 0.378 e. The number of aromatic nitrogens is 1. The molecule has 39 heavy (non-hydrogen) atoms. The van der Waals surface area contributed by atoms with E-state index in [1.54, 1.807) is 0 Å². The van der Waals surface area contributed by atoms with Crippen molar-refractivity contribution < 1.29 is 23.1 Å². The Morgan fingerprint density at radius 3 is 2.31 bits per heavy atom. The van der Waals surface area contributed by atoms with Gasteiger partial charge < -0.3 is 31.3 Å². The lowest BCUT2D eigenvalue weighted by atomic mass is 9.94. The number of alkyl halides is 1. The van der Waals surface area contributed by atoms with Gasteiger partial charge >= 0.3 is 0 Å². The van der Waals surface area contributed by atoms with Gasteiger partial charge in [0.25, 0.3) is 0 Å². The molecule has 0 aromatic carbocycles. The van der Waals surface area contributed by atoms with Gasteiger partial charge in [-0.25, -0.2) is 8.78 Å². The van der Waals surface area contributed by atoms with E-state index in [1.807, 2.05) is 9.80 Å². The average molecular weight is 552 g/mol. The summed E-state index contributed by atoms with van der Waals surface area (Å²) in [4.78, 5) is 36.5. The Hall–Kier alpha value is -2.49. The Labute approximate surface area is 226 Å². The van der Waals surface area contributed by atoms with E-state index in [0.29, 0.717) is 45.1 Å². The summed E-state index contributed by atoms with van der Waals surface area (Å²) in [6.07, 6.45) is 0.905. The molecule has 1 unspecified atom stereocenters. The van der Waals surface area contributed by atoms with Gasteiger partial charge in [0.15, 0.2) is 5.82 Å². The van der Waals surface area contributed by atoms with Crippen molar-refractivity contribution in [2.24, 2.45) is 23.3 Å². The molecule has 14 heteroatoms. The van der Waals surface area contributed by atoms with Gasteiger partial charge in [-0.15, -0.1) is 0 Å². The van der Waals surface area contributed by atoms with Crippen molar-refractivity contribution in [2.75, 3.05) is 75.8 Å². The number of piperazine rings is 1. The number of anilines is 2. The highest BCUT2D eigenvalue weighted by Crippen LogP contribution is 2.33. The van der Waals surface area contributed by atoms with E-state index >= 15 is 4.39 Å². The van der Waals surface area contributed by atoms with Gasteiger partial charge in [0.2, 0.25) is 11.8 Å². The molecule has 7 N–H and O–H groups in total. The number of hydrogen-bond donors (Lipinski definition) is 5. The summed E-state index contributed by atoms with van der Waals surface area (Å²) in [7, 11) is 0. The molecule has 5 heterocycles. The monoisotopic (exact) mass is 551 g/mol. The standard InChI is InChI=1S/C25H39F2N9O3/c26-16-9-31-23(32-10-16)20(22(28)29)24(37)33-19-12-30-11-18(27)21(19)35-3-1-15(2-4-35)25(38)36-7-5-34(6-8-36)17-13-39-14-17/h11-12,15-17,20,22-23,31-32H,1-10,13-14,28-29H2,(H,33,37). The highest BCUT2D eigenvalue weighted by Gasteiger charge is 2.37. The number of nitrogens with zero attached hydrogens (tertiary/aromatic N) is 4. The summed E-state index contributed by atoms with van der Waals surface area (Å²) in [5.74, 6) is -2.00. The number of ether oxygens (including phenoxy) is 1. The summed E-state index contributed by atoms with van der Waals surface area (Å²) >= 11 is 0. The average Bonchev–Trinajstić information content (AvgIpc) is 2.89. The predicted octanol–water partition coefficient (Wildman–Crippen LogP) is -1.36. The smallest absolute Gasteiger partial charge is 0.233 e. The van der Waals surface area contributed by atoms with Crippen LogP contribution in [-0.4, -0.2) is 117 Å². The third kappa shape index (κ3) is 6.31. The fraction of sp³-hybridized carbons (Fsp3) is 0.720. The lowest BCUT2D eigenvalue weighted by Crippen LogP contribution is -2.64. The van der Waals surface area contributed by atoms with E-state index in [9.17, 15) is 14.0 Å². The second kappa shape index (κ2) is 12.4. The molecule has 4 saturated heterocycles. The molecule has 0 radical (unpaired) electrons. The number of nitrogens with two attached hydrogens (primary N) is 2. The zero-order valence-corrected chi connectivity index (χ0v) is 22.0. The second-order valence-corrected chi connectivity index (χ2v) is 10.8. The van der Waals surface area contributed by atoms with Crippen molar-refractivity contribution in [1.29, 1.82) is 0 Å². The van der Waals surface area contributed by atoms with Gasteiger partial charge in [-0.2, -0.15) is 0 Å². The molecule has 0 aliphatic carbocycles. The van der Waals surface area contributed by atoms with Crippen LogP contribution in [0.15, 0.2) is 12.4 Å². The molecule has 4 aliphatic rings. The van der Waals surface area contributed by atoms with Crippen molar-refractivity contribution in [2.45, 2.75) is 37.4 Å². The molecule has 2 amide bonds. The minimum Gasteiger partial charge on any atom is -0.378 e. The summed E-state index contributed by atoms with van der Waals surface area (Å²) in [5, 5.41) is 8.56. The number of carbonyl (C=O) groups excluding carboxylic acids is 2. The Morgan fingerprint density at radius 1 is 1.05 bits per heavy atom. The number of amides is 2. The maximum Gasteiger partial charge on any atom is 0.233 e.